The van der Waals surface area contributed by atoms with Crippen LogP contribution < -0.4 is 59.3 Å². The van der Waals surface area contributed by atoms with Crippen molar-refractivity contribution in [2.45, 2.75) is 248 Å². The van der Waals surface area contributed by atoms with Crippen molar-refractivity contribution in [1.29, 1.82) is 0 Å². The largest absolute Gasteiger partial charge is 0.508 e. The number of aliphatic hydroxyl groups is 5. The molecule has 120 heavy (non-hydrogen) atoms. The van der Waals surface area contributed by atoms with Crippen LogP contribution in [0.25, 0.3) is 0 Å². The fourth-order valence-corrected chi connectivity index (χ4v) is 18.7. The number of unbranched alkanes of at least 4 members (excludes halogenated alkanes) is 1. The van der Waals surface area contributed by atoms with Crippen molar-refractivity contribution in [3.8, 4) is 5.75 Å². The highest BCUT2D eigenvalue weighted by atomic mass is 16.6. The molecule has 1 saturated heterocycles. The number of ether oxygens (including phenoxy) is 6. The second kappa shape index (κ2) is 44.4. The molecule has 19 N–H and O–H groups in total. The van der Waals surface area contributed by atoms with Gasteiger partial charge in [-0.1, -0.05) is 79.4 Å². The SMILES string of the molecule is CC(C)[C@H](NC(=O)[C@@H](CCCCNC(=O)COC1CCCCCC(N[C@@H]2O[C@H](CO)[C@H](O)[C@H](O)[C@H]2O)=C1N)NC(=O)CCOCCOCCOCCOCCN1C(=O)C=CC1=O)C(=O)N[C@@H](CCCNC(N)=O)C(=O)NC(CO)C(=O)Nc1ccc2c(c1)[C@@]1(C)CCC[C@](C)(C(=O)NC(=O)[C@@]3(C)CCC[C@]4(C)c5cc(O)ccc5CC[C@@H]34)[C@@H]1CC2. The van der Waals surface area contributed by atoms with Gasteiger partial charge in [0.05, 0.1) is 95.2 Å². The number of nitrogens with zero attached hydrogens (tertiary/aromatic N) is 1. The number of fused-ring (bicyclic) bond motifs is 6. The Balaban J connectivity index is 0.799. The first-order chi connectivity index (χ1) is 57.3. The van der Waals surface area contributed by atoms with Crippen LogP contribution in [0.5, 0.6) is 5.75 Å². The number of urea groups is 1. The minimum atomic E-state index is -1.62. The average Bonchev–Trinajstić information content (AvgIpc) is 0.746. The number of hydrogen-bond acceptors (Lipinski definition) is 25. The van der Waals surface area contributed by atoms with Crippen molar-refractivity contribution in [1.82, 2.24) is 47.4 Å². The van der Waals surface area contributed by atoms with Crippen molar-refractivity contribution in [2.24, 2.45) is 40.1 Å². The van der Waals surface area contributed by atoms with E-state index in [-0.39, 0.29) is 145 Å². The zero-order chi connectivity index (χ0) is 87.1. The molecule has 2 saturated carbocycles. The zero-order valence-corrected chi connectivity index (χ0v) is 70.1. The highest BCUT2D eigenvalue weighted by Crippen LogP contribution is 2.60. The van der Waals surface area contributed by atoms with Crippen LogP contribution in [0.2, 0.25) is 0 Å². The van der Waals surface area contributed by atoms with E-state index in [1.165, 1.54) is 17.7 Å². The third-order valence-corrected chi connectivity index (χ3v) is 25.5. The number of anilines is 1. The van der Waals surface area contributed by atoms with Crippen LogP contribution in [0.15, 0.2) is 59.9 Å². The number of nitrogens with two attached hydrogens (primary N) is 2. The molecule has 35 heteroatoms. The lowest BCUT2D eigenvalue weighted by Crippen LogP contribution is -2.62. The molecule has 7 aliphatic rings. The van der Waals surface area contributed by atoms with Gasteiger partial charge in [0.1, 0.15) is 60.9 Å². The second-order valence-electron chi connectivity index (χ2n) is 34.1. The Morgan fingerprint density at radius 3 is 1.77 bits per heavy atom. The van der Waals surface area contributed by atoms with Crippen LogP contribution in [0.4, 0.5) is 10.5 Å². The summed E-state index contributed by atoms with van der Waals surface area (Å²) in [6, 6.07) is 4.58. The van der Waals surface area contributed by atoms with Gasteiger partial charge in [-0.3, -0.25) is 58.2 Å². The molecule has 0 spiro atoms. The molecule has 16 atom stereocenters. The van der Waals surface area contributed by atoms with E-state index < -0.39 is 156 Å². The van der Waals surface area contributed by atoms with E-state index in [2.05, 4.69) is 61.7 Å². The molecular formula is C85H128N12O23. The van der Waals surface area contributed by atoms with Crippen molar-refractivity contribution < 1.29 is 112 Å². The van der Waals surface area contributed by atoms with Gasteiger partial charge in [-0.25, -0.2) is 4.79 Å². The molecule has 0 radical (unpaired) electrons. The molecule has 9 rings (SSSR count). The van der Waals surface area contributed by atoms with Crippen LogP contribution in [-0.2, 0) is 100 Å². The monoisotopic (exact) mass is 1680 g/mol. The first kappa shape index (κ1) is 95.1. The molecule has 12 amide bonds. The number of hydrogen-bond donors (Lipinski definition) is 17. The van der Waals surface area contributed by atoms with Gasteiger partial charge in [0.2, 0.25) is 47.3 Å². The van der Waals surface area contributed by atoms with E-state index in [1.807, 2.05) is 38.1 Å². The van der Waals surface area contributed by atoms with E-state index in [0.717, 1.165) is 66.5 Å². The van der Waals surface area contributed by atoms with Gasteiger partial charge in [-0.15, -0.1) is 0 Å². The Morgan fingerprint density at radius 1 is 0.592 bits per heavy atom. The van der Waals surface area contributed by atoms with Gasteiger partial charge in [-0.05, 0) is 178 Å². The summed E-state index contributed by atoms with van der Waals surface area (Å²) in [5, 5.41) is 87.5. The molecule has 2 unspecified atom stereocenters. The maximum absolute atomic E-state index is 15.0. The van der Waals surface area contributed by atoms with E-state index >= 15 is 0 Å². The molecule has 3 fully saturated rings. The minimum absolute atomic E-state index is 0.00585. The molecule has 5 aliphatic carbocycles. The van der Waals surface area contributed by atoms with Crippen LogP contribution in [-0.4, -0.2) is 254 Å². The molecule has 0 bridgehead atoms. The van der Waals surface area contributed by atoms with Gasteiger partial charge < -0.3 is 113 Å². The first-order valence-electron chi connectivity index (χ1n) is 42.5. The van der Waals surface area contributed by atoms with Crippen molar-refractivity contribution >= 4 is 70.8 Å². The second-order valence-corrected chi connectivity index (χ2v) is 34.1. The highest BCUT2D eigenvalue weighted by Gasteiger charge is 2.59. The average molecular weight is 1690 g/mol. The van der Waals surface area contributed by atoms with E-state index in [1.54, 1.807) is 26.0 Å². The number of primary amides is 1. The Morgan fingerprint density at radius 2 is 1.16 bits per heavy atom. The van der Waals surface area contributed by atoms with Crippen LogP contribution >= 0.6 is 0 Å². The molecule has 2 aromatic carbocycles. The number of amides is 12. The maximum Gasteiger partial charge on any atom is 0.312 e. The quantitative estimate of drug-likeness (QED) is 0.0329. The van der Waals surface area contributed by atoms with Crippen molar-refractivity contribution in [2.75, 3.05) is 97.6 Å². The van der Waals surface area contributed by atoms with Crippen molar-refractivity contribution in [3.63, 3.8) is 0 Å². The Bertz CT molecular complexity index is 3960. The maximum atomic E-state index is 15.0. The summed E-state index contributed by atoms with van der Waals surface area (Å²) < 4.78 is 33.9. The number of rotatable bonds is 43. The summed E-state index contributed by atoms with van der Waals surface area (Å²) in [5.41, 5.74) is 14.5. The van der Waals surface area contributed by atoms with Gasteiger partial charge in [0.25, 0.3) is 11.8 Å². The lowest BCUT2D eigenvalue weighted by molar-refractivity contribution is -0.234. The fourth-order valence-electron chi connectivity index (χ4n) is 18.7. The van der Waals surface area contributed by atoms with Crippen molar-refractivity contribution in [3.05, 3.63) is 82.2 Å². The number of carbonyl (C=O) groups is 11. The van der Waals surface area contributed by atoms with Gasteiger partial charge in [-0.2, -0.15) is 0 Å². The lowest BCUT2D eigenvalue weighted by Gasteiger charge is -2.56. The number of benzene rings is 2. The number of aliphatic hydroxyl groups excluding tert-OH is 5. The van der Waals surface area contributed by atoms with Crippen LogP contribution in [0.3, 0.4) is 0 Å². The van der Waals surface area contributed by atoms with Crippen LogP contribution in [0, 0.1) is 28.6 Å². The summed E-state index contributed by atoms with van der Waals surface area (Å²) in [7, 11) is 0. The number of carbonyl (C=O) groups excluding carboxylic acids is 11. The highest BCUT2D eigenvalue weighted by molar-refractivity contribution is 6.13. The summed E-state index contributed by atoms with van der Waals surface area (Å²) in [4.78, 5) is 151. The van der Waals surface area contributed by atoms with Crippen LogP contribution in [0.1, 0.15) is 186 Å². The number of phenolic OH excluding ortho intramolecular Hbond substituents is 1. The molecule has 666 valence electrons. The number of allylic oxidation sites excluding steroid dienone is 1. The Hall–Kier alpha value is -8.75. The number of aryl methyl sites for hydroxylation is 2. The predicted molar refractivity (Wildman–Crippen MR) is 437 cm³/mol. The summed E-state index contributed by atoms with van der Waals surface area (Å²) in [6.07, 6.45) is 4.93. The number of aromatic hydroxyl groups is 1. The lowest BCUT2D eigenvalue weighted by atomic mass is 9.49. The first-order valence-corrected chi connectivity index (χ1v) is 42.5. The molecule has 2 heterocycles. The van der Waals surface area contributed by atoms with Gasteiger partial charge >= 0.3 is 6.03 Å². The zero-order valence-electron chi connectivity index (χ0n) is 70.1. The molecule has 2 aliphatic heterocycles. The van der Waals surface area contributed by atoms with E-state index in [9.17, 15) is 83.4 Å². The van der Waals surface area contributed by atoms with Gasteiger partial charge in [0.15, 0.2) is 6.23 Å². The Labute approximate surface area is 700 Å². The third kappa shape index (κ3) is 24.4. The summed E-state index contributed by atoms with van der Waals surface area (Å²) in [6.45, 7) is 11.1. The summed E-state index contributed by atoms with van der Waals surface area (Å²) >= 11 is 0. The van der Waals surface area contributed by atoms with E-state index in [0.29, 0.717) is 69.2 Å². The van der Waals surface area contributed by atoms with E-state index in [4.69, 9.17) is 39.9 Å². The fraction of sp³-hybridized carbons (Fsp3) is 0.682. The topological polar surface area (TPSA) is 528 Å². The smallest absolute Gasteiger partial charge is 0.312 e. The molecule has 35 nitrogen and oxygen atoms in total. The number of nitrogens with one attached hydrogen (secondary N) is 9. The molecular weight excluding hydrogens is 1560 g/mol. The third-order valence-electron chi connectivity index (χ3n) is 25.5. The predicted octanol–water partition coefficient (Wildman–Crippen LogP) is 1.31. The number of imide groups is 2. The van der Waals surface area contributed by atoms with Gasteiger partial charge in [0, 0.05) is 43.0 Å². The minimum Gasteiger partial charge on any atom is -0.508 e. The Kier molecular flexibility index (Phi) is 35.1. The normalized spacial score (nSPS) is 26.9. The summed E-state index contributed by atoms with van der Waals surface area (Å²) in [5.74, 6) is -6.47. The number of phenols is 1. The standard InChI is InChI=1S/C85H128N12O23/c1-50(2)70(95-75(109)58(91-65(101)29-37-115-39-41-117-43-44-118-42-40-116-38-36-97-67(103)27-28-68(97)104)16-10-11-34-88-66(102)49-119-61-18-9-7-8-15-57(69(61)86)94-78-73(107)72(106)71(105)62(48-99)120-78)77(111)92-59(17-12-35-89-81(87)114)74(108)93-60(47-98)76(110)90-53-23-19-51-21-25-63-82(3,55(51)45-53)30-13-32-84(63,5)79(112)96-80(113)85(6)33-14-31-83(4)56-46-54(100)24-20-52(56)22-26-64(83)85/h19-20,23-24,27-28,45-46,50,58-64,70-73,78,94,98-100,105-107H,7-18,21-22,25-26,29-44,47-49,86H2,1-6H3,(H,88,102)(H,90,110)(H,91,101)(H,92,111)(H,93,108)(H,95,109)(H3,87,89,114)(H,96,112,113)/t58-,59+,60?,61?,62-,63-,64-,70+,71+,72+,73-,78-,82-,83-,84+,85+/m1/s1. The molecule has 0 aromatic heterocycles. The molecule has 2 aromatic rings.